The molecule has 1 saturated heterocycles. The number of ketones is 2. The van der Waals surface area contributed by atoms with Crippen LogP contribution in [0.2, 0.25) is 0 Å². The Morgan fingerprint density at radius 3 is 2.67 bits per heavy atom. The van der Waals surface area contributed by atoms with Crippen LogP contribution in [0, 0.1) is 18.8 Å². The van der Waals surface area contributed by atoms with Crippen LogP contribution in [0.3, 0.4) is 0 Å². The predicted molar refractivity (Wildman–Crippen MR) is 139 cm³/mol. The number of benzene rings is 2. The van der Waals surface area contributed by atoms with Gasteiger partial charge in [0.15, 0.2) is 23.1 Å². The van der Waals surface area contributed by atoms with E-state index in [9.17, 15) is 9.59 Å². The number of nitrogens with zero attached hydrogens (tertiary/aromatic N) is 1. The van der Waals surface area contributed by atoms with E-state index in [2.05, 4.69) is 22.1 Å². The van der Waals surface area contributed by atoms with Gasteiger partial charge in [-0.2, -0.15) is 0 Å². The number of carbonyl (C=O) groups is 2. The van der Waals surface area contributed by atoms with Gasteiger partial charge < -0.3 is 15.0 Å². The Labute approximate surface area is 211 Å². The zero-order valence-electron chi connectivity index (χ0n) is 20.9. The van der Waals surface area contributed by atoms with E-state index in [-0.39, 0.29) is 11.6 Å². The van der Waals surface area contributed by atoms with E-state index in [1.54, 1.807) is 12.1 Å². The average molecular weight is 483 g/mol. The minimum atomic E-state index is -0.715. The summed E-state index contributed by atoms with van der Waals surface area (Å²) in [6, 6.07) is 13.1. The van der Waals surface area contributed by atoms with E-state index in [0.717, 1.165) is 55.5 Å². The molecule has 2 heterocycles. The number of ether oxygens (including phenoxy) is 1. The monoisotopic (exact) mass is 482 g/mol. The summed E-state index contributed by atoms with van der Waals surface area (Å²) in [6.07, 6.45) is 5.38. The van der Waals surface area contributed by atoms with E-state index >= 15 is 0 Å². The van der Waals surface area contributed by atoms with Crippen LogP contribution in [-0.2, 0) is 0 Å². The lowest BCUT2D eigenvalue weighted by molar-refractivity contribution is -0.361. The highest BCUT2D eigenvalue weighted by Crippen LogP contribution is 2.38. The van der Waals surface area contributed by atoms with Crippen molar-refractivity contribution in [3.05, 3.63) is 82.3 Å². The third-order valence-corrected chi connectivity index (χ3v) is 7.82. The molecule has 0 saturated carbocycles. The Balaban J connectivity index is 1.33. The van der Waals surface area contributed by atoms with Gasteiger partial charge in [0.25, 0.3) is 0 Å². The highest BCUT2D eigenvalue weighted by molar-refractivity contribution is 6.32. The highest BCUT2D eigenvalue weighted by Gasteiger charge is 2.49. The van der Waals surface area contributed by atoms with Crippen LogP contribution in [0.15, 0.2) is 65.6 Å². The lowest BCUT2D eigenvalue weighted by atomic mass is 9.72. The van der Waals surface area contributed by atoms with Crippen LogP contribution in [0.25, 0.3) is 0 Å². The second-order valence-electron chi connectivity index (χ2n) is 10.5. The summed E-state index contributed by atoms with van der Waals surface area (Å²) in [5.74, 6) is 1.25. The summed E-state index contributed by atoms with van der Waals surface area (Å²) >= 11 is 0. The molecule has 6 heteroatoms. The van der Waals surface area contributed by atoms with E-state index < -0.39 is 5.92 Å². The lowest BCUT2D eigenvalue weighted by Gasteiger charge is -2.32. The van der Waals surface area contributed by atoms with Gasteiger partial charge in [0.1, 0.15) is 5.92 Å². The van der Waals surface area contributed by atoms with Gasteiger partial charge in [0.05, 0.1) is 0 Å². The number of carbonyl (C=O) groups excluding carboxylic acids is 2. The van der Waals surface area contributed by atoms with Gasteiger partial charge >= 0.3 is 0 Å². The number of hydrogen-bond acceptors (Lipinski definition) is 5. The van der Waals surface area contributed by atoms with Crippen molar-refractivity contribution in [2.24, 2.45) is 11.8 Å². The molecule has 0 radical (unpaired) electrons. The number of nitrogens with one attached hydrogen (secondary N) is 2. The number of likely N-dealkylation sites (tertiary alicyclic amines) is 1. The third kappa shape index (κ3) is 3.99. The summed E-state index contributed by atoms with van der Waals surface area (Å²) in [5, 5.41) is 3.50. The van der Waals surface area contributed by atoms with Crippen molar-refractivity contribution in [1.82, 2.24) is 10.2 Å². The number of piperidine rings is 1. The van der Waals surface area contributed by atoms with Crippen LogP contribution in [0.5, 0.6) is 5.75 Å². The molecule has 0 aromatic heterocycles. The first-order valence-electron chi connectivity index (χ1n) is 13.0. The smallest absolute Gasteiger partial charge is 0.246 e. The maximum Gasteiger partial charge on any atom is 0.246 e. The van der Waals surface area contributed by atoms with Gasteiger partial charge in [0, 0.05) is 41.1 Å². The van der Waals surface area contributed by atoms with Crippen LogP contribution in [-0.4, -0.2) is 48.4 Å². The maximum absolute atomic E-state index is 13.8. The fraction of sp³-hybridized carbons (Fsp3) is 0.367. The van der Waals surface area contributed by atoms with Gasteiger partial charge in [0.2, 0.25) is 11.4 Å². The van der Waals surface area contributed by atoms with Crippen molar-refractivity contribution in [2.45, 2.75) is 33.1 Å². The SMILES string of the molecule is Cc1ccc2c(c1)OC1=CC(NCCCN3CCC(C)CC3)=C3C(=O)c4ccccc4C(=O)C3C1=[NH+]2. The van der Waals surface area contributed by atoms with Crippen molar-refractivity contribution in [2.75, 3.05) is 26.2 Å². The molecule has 0 amide bonds. The average Bonchev–Trinajstić information content (AvgIpc) is 2.89. The Kier molecular flexibility index (Phi) is 5.84. The fourth-order valence-corrected chi connectivity index (χ4v) is 5.70. The number of rotatable bonds is 5. The first kappa shape index (κ1) is 22.9. The molecule has 184 valence electrons. The summed E-state index contributed by atoms with van der Waals surface area (Å²) in [6.45, 7) is 8.41. The van der Waals surface area contributed by atoms with Gasteiger partial charge in [-0.05, 0) is 63.4 Å². The van der Waals surface area contributed by atoms with Crippen molar-refractivity contribution >= 4 is 23.0 Å². The molecule has 2 aliphatic heterocycles. The number of fused-ring (bicyclic) bond motifs is 5. The van der Waals surface area contributed by atoms with Crippen LogP contribution >= 0.6 is 0 Å². The van der Waals surface area contributed by atoms with E-state index in [1.165, 1.54) is 12.8 Å². The molecule has 36 heavy (non-hydrogen) atoms. The summed E-state index contributed by atoms with van der Waals surface area (Å²) < 4.78 is 6.29. The van der Waals surface area contributed by atoms with Crippen LogP contribution in [0.4, 0.5) is 5.69 Å². The molecular weight excluding hydrogens is 450 g/mol. The molecule has 2 N–H and O–H groups in total. The molecule has 4 aliphatic rings. The van der Waals surface area contributed by atoms with E-state index in [0.29, 0.717) is 33.9 Å². The summed E-state index contributed by atoms with van der Waals surface area (Å²) in [7, 11) is 0. The standard InChI is InChI=1S/C30H31N3O3/c1-18-10-14-33(15-11-18)13-5-12-31-23-17-25-28(32-22-9-8-19(2)16-24(22)36-25)27-26(23)29(34)20-6-3-4-7-21(20)30(27)35/h3-4,6-9,16-18,27,31H,5,10-15H2,1-2H3/p+1. The quantitative estimate of drug-likeness (QED) is 0.641. The lowest BCUT2D eigenvalue weighted by Crippen LogP contribution is -2.72. The highest BCUT2D eigenvalue weighted by atomic mass is 16.5. The molecule has 6 nitrogen and oxygen atoms in total. The maximum atomic E-state index is 13.8. The van der Waals surface area contributed by atoms with Gasteiger partial charge in [-0.15, -0.1) is 0 Å². The molecule has 1 atom stereocenters. The molecular formula is C30H32N3O3+. The normalized spacial score (nSPS) is 21.6. The molecule has 1 unspecified atom stereocenters. The Morgan fingerprint density at radius 1 is 1.08 bits per heavy atom. The van der Waals surface area contributed by atoms with Crippen LogP contribution < -0.4 is 15.0 Å². The topological polar surface area (TPSA) is 72.6 Å². The molecule has 1 fully saturated rings. The second kappa shape index (κ2) is 9.17. The third-order valence-electron chi connectivity index (χ3n) is 7.82. The molecule has 0 spiro atoms. The minimum absolute atomic E-state index is 0.0748. The summed E-state index contributed by atoms with van der Waals surface area (Å²) in [4.78, 5) is 33.4. The second-order valence-corrected chi connectivity index (χ2v) is 10.5. The minimum Gasteiger partial charge on any atom is -0.444 e. The zero-order valence-corrected chi connectivity index (χ0v) is 20.9. The fourth-order valence-electron chi connectivity index (χ4n) is 5.70. The number of allylic oxidation sites excluding steroid dienone is 3. The zero-order chi connectivity index (χ0) is 24.8. The molecule has 2 aromatic rings. The van der Waals surface area contributed by atoms with Gasteiger partial charge in [-0.3, -0.25) is 9.59 Å². The van der Waals surface area contributed by atoms with Crippen LogP contribution in [0.1, 0.15) is 52.5 Å². The van der Waals surface area contributed by atoms with Crippen molar-refractivity contribution in [3.8, 4) is 5.75 Å². The van der Waals surface area contributed by atoms with Gasteiger partial charge in [-0.25, -0.2) is 4.99 Å². The Bertz CT molecular complexity index is 1340. The van der Waals surface area contributed by atoms with Crippen molar-refractivity contribution < 1.29 is 19.3 Å². The number of hydrogen-bond donors (Lipinski definition) is 2. The van der Waals surface area contributed by atoms with Gasteiger partial charge in [-0.1, -0.05) is 37.3 Å². The van der Waals surface area contributed by atoms with E-state index in [4.69, 9.17) is 4.74 Å². The number of Topliss-reactive ketones (excluding diaryl/α,β-unsaturated/α-hetero) is 2. The first-order chi connectivity index (χ1) is 17.5. The largest absolute Gasteiger partial charge is 0.444 e. The molecule has 0 bridgehead atoms. The summed E-state index contributed by atoms with van der Waals surface area (Å²) in [5.41, 5.74) is 4.68. The Hall–Kier alpha value is -3.51. The molecule has 2 aliphatic carbocycles. The Morgan fingerprint density at radius 2 is 1.86 bits per heavy atom. The molecule has 6 rings (SSSR count). The number of aryl methyl sites for hydroxylation is 1. The van der Waals surface area contributed by atoms with E-state index in [1.807, 2.05) is 43.3 Å². The molecule has 2 aromatic carbocycles. The van der Waals surface area contributed by atoms with Crippen molar-refractivity contribution in [1.29, 1.82) is 0 Å². The first-order valence-corrected chi connectivity index (χ1v) is 13.0. The van der Waals surface area contributed by atoms with Crippen molar-refractivity contribution in [3.63, 3.8) is 0 Å². The predicted octanol–water partition coefficient (Wildman–Crippen LogP) is 3.10.